The van der Waals surface area contributed by atoms with E-state index in [2.05, 4.69) is 0 Å². The van der Waals surface area contributed by atoms with Gasteiger partial charge in [-0.25, -0.2) is 0 Å². The van der Waals surface area contributed by atoms with Gasteiger partial charge >= 0.3 is 5.97 Å². The summed E-state index contributed by atoms with van der Waals surface area (Å²) in [7, 11) is 0. The molecule has 0 bridgehead atoms. The van der Waals surface area contributed by atoms with Crippen LogP contribution in [0.3, 0.4) is 0 Å². The molecular formula is C16H18ClNO4. The molecule has 0 aromatic heterocycles. The number of carbonyl (C=O) groups excluding carboxylic acids is 1. The zero-order valence-corrected chi connectivity index (χ0v) is 12.9. The van der Waals surface area contributed by atoms with Crippen LogP contribution in [0.15, 0.2) is 24.3 Å². The molecule has 1 unspecified atom stereocenters. The minimum atomic E-state index is -0.707. The Kier molecular flexibility index (Phi) is 4.00. The molecule has 5 nitrogen and oxygen atoms in total. The highest BCUT2D eigenvalue weighted by Gasteiger charge is 2.59. The second-order valence-corrected chi connectivity index (χ2v) is 6.46. The van der Waals surface area contributed by atoms with Gasteiger partial charge in [-0.05, 0) is 36.8 Å². The first-order valence-corrected chi connectivity index (χ1v) is 7.77. The predicted octanol–water partition coefficient (Wildman–Crippen LogP) is 2.43. The number of hydrogen-bond acceptors (Lipinski definition) is 3. The summed E-state index contributed by atoms with van der Waals surface area (Å²) in [6.45, 7) is 1.17. The van der Waals surface area contributed by atoms with E-state index in [1.807, 2.05) is 0 Å². The first-order chi connectivity index (χ1) is 10.5. The molecule has 1 atom stereocenters. The van der Waals surface area contributed by atoms with Gasteiger partial charge in [-0.1, -0.05) is 23.7 Å². The van der Waals surface area contributed by atoms with Gasteiger partial charge in [0, 0.05) is 13.1 Å². The van der Waals surface area contributed by atoms with Crippen LogP contribution in [-0.4, -0.2) is 41.6 Å². The highest BCUT2D eigenvalue weighted by molar-refractivity contribution is 6.32. The second-order valence-electron chi connectivity index (χ2n) is 6.06. The number of aliphatic carboxylic acids is 1. The highest BCUT2D eigenvalue weighted by atomic mass is 35.5. The van der Waals surface area contributed by atoms with Crippen LogP contribution in [0.25, 0.3) is 0 Å². The fraction of sp³-hybridized carbons (Fsp3) is 0.500. The van der Waals surface area contributed by atoms with Crippen molar-refractivity contribution >= 4 is 23.5 Å². The Morgan fingerprint density at radius 1 is 1.32 bits per heavy atom. The van der Waals surface area contributed by atoms with E-state index in [4.69, 9.17) is 21.4 Å². The summed E-state index contributed by atoms with van der Waals surface area (Å²) in [6, 6.07) is 7.04. The van der Waals surface area contributed by atoms with Crippen LogP contribution in [0.5, 0.6) is 5.75 Å². The van der Waals surface area contributed by atoms with Crippen molar-refractivity contribution in [2.24, 2.45) is 11.3 Å². The number of halogens is 1. The van der Waals surface area contributed by atoms with Gasteiger partial charge in [0.15, 0.2) is 6.61 Å². The molecule has 1 aromatic carbocycles. The van der Waals surface area contributed by atoms with Crippen LogP contribution in [-0.2, 0) is 9.59 Å². The molecule has 22 heavy (non-hydrogen) atoms. The van der Waals surface area contributed by atoms with Crippen LogP contribution in [0.1, 0.15) is 19.3 Å². The molecule has 1 aliphatic carbocycles. The van der Waals surface area contributed by atoms with Crippen molar-refractivity contribution in [2.45, 2.75) is 19.3 Å². The van der Waals surface area contributed by atoms with Crippen molar-refractivity contribution < 1.29 is 19.4 Å². The summed E-state index contributed by atoms with van der Waals surface area (Å²) in [6.07, 6.45) is 2.28. The van der Waals surface area contributed by atoms with E-state index >= 15 is 0 Å². The van der Waals surface area contributed by atoms with Gasteiger partial charge in [-0.15, -0.1) is 0 Å². The van der Waals surface area contributed by atoms with Gasteiger partial charge < -0.3 is 14.7 Å². The average molecular weight is 324 g/mol. The number of benzene rings is 1. The summed E-state index contributed by atoms with van der Waals surface area (Å²) >= 11 is 5.98. The van der Waals surface area contributed by atoms with E-state index in [1.54, 1.807) is 29.2 Å². The summed E-state index contributed by atoms with van der Waals surface area (Å²) in [5, 5.41) is 9.55. The number of nitrogens with zero attached hydrogens (tertiary/aromatic N) is 1. The number of carboxylic acids is 1. The zero-order chi connectivity index (χ0) is 15.7. The number of piperidine rings is 1. The third kappa shape index (κ3) is 2.90. The number of likely N-dealkylation sites (tertiary alicyclic amines) is 1. The standard InChI is InChI=1S/C16H18ClNO4/c17-12-3-1-2-4-13(12)22-10-14(19)18-7-5-16(6-8-18)9-11(16)15(20)21/h1-4,11H,5-10H2,(H,20,21). The van der Waals surface area contributed by atoms with E-state index in [0.717, 1.165) is 19.3 Å². The lowest BCUT2D eigenvalue weighted by Gasteiger charge is -2.32. The molecule has 118 valence electrons. The van der Waals surface area contributed by atoms with E-state index in [1.165, 1.54) is 0 Å². The van der Waals surface area contributed by atoms with Gasteiger partial charge in [0.25, 0.3) is 5.91 Å². The molecule has 1 saturated heterocycles. The fourth-order valence-corrected chi connectivity index (χ4v) is 3.43. The number of ether oxygens (including phenoxy) is 1. The van der Waals surface area contributed by atoms with Crippen LogP contribution in [0.4, 0.5) is 0 Å². The summed E-state index contributed by atoms with van der Waals surface area (Å²) in [4.78, 5) is 24.9. The lowest BCUT2D eigenvalue weighted by molar-refractivity contribution is -0.140. The summed E-state index contributed by atoms with van der Waals surface area (Å²) < 4.78 is 5.46. The largest absolute Gasteiger partial charge is 0.482 e. The molecule has 3 rings (SSSR count). The Hall–Kier alpha value is -1.75. The number of amides is 1. The smallest absolute Gasteiger partial charge is 0.307 e. The maximum absolute atomic E-state index is 12.2. The lowest BCUT2D eigenvalue weighted by Crippen LogP contribution is -2.42. The third-order valence-corrected chi connectivity index (χ3v) is 5.10. The van der Waals surface area contributed by atoms with E-state index in [0.29, 0.717) is 23.9 Å². The van der Waals surface area contributed by atoms with Gasteiger partial charge in [0.05, 0.1) is 10.9 Å². The molecule has 0 radical (unpaired) electrons. The molecule has 1 aromatic rings. The van der Waals surface area contributed by atoms with E-state index < -0.39 is 5.97 Å². The molecule has 1 saturated carbocycles. The second kappa shape index (κ2) is 5.80. The minimum absolute atomic E-state index is 0.0426. The van der Waals surface area contributed by atoms with Crippen molar-refractivity contribution in [3.05, 3.63) is 29.3 Å². The van der Waals surface area contributed by atoms with Crippen molar-refractivity contribution in [2.75, 3.05) is 19.7 Å². The predicted molar refractivity (Wildman–Crippen MR) is 80.9 cm³/mol. The van der Waals surface area contributed by atoms with Gasteiger partial charge in [0.1, 0.15) is 5.75 Å². The first kappa shape index (κ1) is 15.2. The molecule has 1 N–H and O–H groups in total. The van der Waals surface area contributed by atoms with E-state index in [9.17, 15) is 9.59 Å². The van der Waals surface area contributed by atoms with Crippen LogP contribution >= 0.6 is 11.6 Å². The monoisotopic (exact) mass is 323 g/mol. The zero-order valence-electron chi connectivity index (χ0n) is 12.1. The SMILES string of the molecule is O=C(O)C1CC12CCN(C(=O)COc1ccccc1Cl)CC2. The van der Waals surface area contributed by atoms with Crippen molar-refractivity contribution in [3.63, 3.8) is 0 Å². The quantitative estimate of drug-likeness (QED) is 0.924. The number of carboxylic acid groups (broad SMARTS) is 1. The first-order valence-electron chi connectivity index (χ1n) is 7.40. The Bertz CT molecular complexity index is 596. The van der Waals surface area contributed by atoms with Gasteiger partial charge in [-0.3, -0.25) is 9.59 Å². The topological polar surface area (TPSA) is 66.8 Å². The van der Waals surface area contributed by atoms with Crippen molar-refractivity contribution in [1.82, 2.24) is 4.90 Å². The van der Waals surface area contributed by atoms with Gasteiger partial charge in [-0.2, -0.15) is 0 Å². The Morgan fingerprint density at radius 2 is 2.00 bits per heavy atom. The fourth-order valence-electron chi connectivity index (χ4n) is 3.24. The maximum Gasteiger partial charge on any atom is 0.307 e. The molecule has 1 spiro atoms. The molecular weight excluding hydrogens is 306 g/mol. The Labute approximate surface area is 133 Å². The van der Waals surface area contributed by atoms with Gasteiger partial charge in [0.2, 0.25) is 0 Å². The summed E-state index contributed by atoms with van der Waals surface area (Å²) in [5.74, 6) is -0.507. The Morgan fingerprint density at radius 3 is 2.59 bits per heavy atom. The molecule has 1 aliphatic heterocycles. The third-order valence-electron chi connectivity index (χ3n) is 4.79. The Balaban J connectivity index is 1.49. The number of carbonyl (C=O) groups is 2. The van der Waals surface area contributed by atoms with Crippen molar-refractivity contribution in [3.8, 4) is 5.75 Å². The maximum atomic E-state index is 12.2. The molecule has 1 amide bonds. The normalized spacial score (nSPS) is 22.4. The molecule has 1 heterocycles. The number of hydrogen-bond donors (Lipinski definition) is 1. The van der Waals surface area contributed by atoms with Crippen LogP contribution < -0.4 is 4.74 Å². The number of rotatable bonds is 4. The minimum Gasteiger partial charge on any atom is -0.482 e. The van der Waals surface area contributed by atoms with E-state index in [-0.39, 0.29) is 23.8 Å². The highest BCUT2D eigenvalue weighted by Crippen LogP contribution is 2.59. The molecule has 6 heteroatoms. The lowest BCUT2D eigenvalue weighted by atomic mass is 9.91. The number of para-hydroxylation sites is 1. The van der Waals surface area contributed by atoms with Crippen molar-refractivity contribution in [1.29, 1.82) is 0 Å². The average Bonchev–Trinajstić information content (AvgIpc) is 3.21. The summed E-state index contributed by atoms with van der Waals surface area (Å²) in [5.41, 5.74) is -0.0633. The molecule has 2 fully saturated rings. The van der Waals surface area contributed by atoms with Crippen LogP contribution in [0.2, 0.25) is 5.02 Å². The van der Waals surface area contributed by atoms with Crippen LogP contribution in [0, 0.1) is 11.3 Å². The molecule has 2 aliphatic rings.